The van der Waals surface area contributed by atoms with E-state index in [2.05, 4.69) is 4.90 Å². The molecule has 1 amide bonds. The minimum atomic E-state index is -0.512. The summed E-state index contributed by atoms with van der Waals surface area (Å²) in [6.07, 6.45) is 0. The predicted octanol–water partition coefficient (Wildman–Crippen LogP) is 3.02. The van der Waals surface area contributed by atoms with Gasteiger partial charge in [0.05, 0.1) is 5.41 Å². The van der Waals surface area contributed by atoms with E-state index in [1.807, 2.05) is 61.2 Å². The van der Waals surface area contributed by atoms with Gasteiger partial charge in [0.15, 0.2) is 0 Å². The Morgan fingerprint density at radius 3 is 2.08 bits per heavy atom. The average Bonchev–Trinajstić information content (AvgIpc) is 2.62. The Morgan fingerprint density at radius 2 is 1.50 bits per heavy atom. The second kappa shape index (κ2) is 6.56. The fraction of sp³-hybridized carbons (Fsp3) is 0.350. The lowest BCUT2D eigenvalue weighted by atomic mass is 9.83. The van der Waals surface area contributed by atoms with Crippen LogP contribution in [0.1, 0.15) is 19.4 Å². The molecule has 1 saturated heterocycles. The van der Waals surface area contributed by atoms with Gasteiger partial charge < -0.3 is 14.9 Å². The molecule has 0 unspecified atom stereocenters. The van der Waals surface area contributed by atoms with Crippen molar-refractivity contribution in [1.82, 2.24) is 4.90 Å². The second-order valence-electron chi connectivity index (χ2n) is 6.79. The van der Waals surface area contributed by atoms with Gasteiger partial charge in [-0.05, 0) is 43.7 Å². The number of carbonyl (C=O) groups excluding carboxylic acids is 1. The number of phenolic OH excluding ortho intramolecular Hbond substituents is 1. The predicted molar refractivity (Wildman–Crippen MR) is 96.4 cm³/mol. The summed E-state index contributed by atoms with van der Waals surface area (Å²) in [6.45, 7) is 7.04. The fourth-order valence-electron chi connectivity index (χ4n) is 3.20. The van der Waals surface area contributed by atoms with Crippen LogP contribution < -0.4 is 4.90 Å². The summed E-state index contributed by atoms with van der Waals surface area (Å²) >= 11 is 0. The highest BCUT2D eigenvalue weighted by atomic mass is 16.3. The molecule has 2 aromatic rings. The van der Waals surface area contributed by atoms with Crippen molar-refractivity contribution in [3.8, 4) is 5.75 Å². The van der Waals surface area contributed by atoms with Crippen LogP contribution in [0.3, 0.4) is 0 Å². The molecule has 126 valence electrons. The zero-order valence-corrected chi connectivity index (χ0v) is 14.3. The number of phenols is 1. The third kappa shape index (κ3) is 3.23. The van der Waals surface area contributed by atoms with E-state index < -0.39 is 5.41 Å². The zero-order chi connectivity index (χ0) is 17.2. The van der Waals surface area contributed by atoms with E-state index in [-0.39, 0.29) is 11.7 Å². The summed E-state index contributed by atoms with van der Waals surface area (Å²) in [5.74, 6) is 0.455. The molecule has 3 rings (SSSR count). The highest BCUT2D eigenvalue weighted by molar-refractivity contribution is 5.87. The molecule has 1 aliphatic heterocycles. The van der Waals surface area contributed by atoms with E-state index in [0.717, 1.165) is 37.4 Å². The first kappa shape index (κ1) is 16.4. The molecule has 0 saturated carbocycles. The van der Waals surface area contributed by atoms with Gasteiger partial charge in [0, 0.05) is 31.9 Å². The quantitative estimate of drug-likeness (QED) is 0.944. The van der Waals surface area contributed by atoms with Crippen LogP contribution in [0, 0.1) is 0 Å². The largest absolute Gasteiger partial charge is 0.508 e. The highest BCUT2D eigenvalue weighted by Gasteiger charge is 2.35. The molecule has 0 spiro atoms. The summed E-state index contributed by atoms with van der Waals surface area (Å²) in [6, 6.07) is 17.2. The van der Waals surface area contributed by atoms with E-state index in [1.54, 1.807) is 12.1 Å². The van der Waals surface area contributed by atoms with Crippen LogP contribution in [0.15, 0.2) is 54.6 Å². The summed E-state index contributed by atoms with van der Waals surface area (Å²) in [5, 5.41) is 9.40. The van der Waals surface area contributed by atoms with Gasteiger partial charge in [-0.3, -0.25) is 4.79 Å². The maximum Gasteiger partial charge on any atom is 0.232 e. The Labute approximate surface area is 143 Å². The van der Waals surface area contributed by atoms with Crippen molar-refractivity contribution >= 4 is 11.6 Å². The van der Waals surface area contributed by atoms with E-state index in [4.69, 9.17) is 0 Å². The second-order valence-corrected chi connectivity index (χ2v) is 6.79. The molecule has 1 fully saturated rings. The van der Waals surface area contributed by atoms with Crippen LogP contribution in [0.2, 0.25) is 0 Å². The Bertz CT molecular complexity index is 687. The topological polar surface area (TPSA) is 43.8 Å². The molecule has 1 aliphatic rings. The third-order valence-corrected chi connectivity index (χ3v) is 4.81. The normalized spacial score (nSPS) is 15.4. The molecule has 0 aliphatic carbocycles. The van der Waals surface area contributed by atoms with Gasteiger partial charge in [0.1, 0.15) is 5.75 Å². The Kier molecular flexibility index (Phi) is 4.47. The monoisotopic (exact) mass is 324 g/mol. The Balaban J connectivity index is 1.66. The van der Waals surface area contributed by atoms with Crippen molar-refractivity contribution in [3.05, 3.63) is 60.2 Å². The average molecular weight is 324 g/mol. The maximum atomic E-state index is 13.0. The van der Waals surface area contributed by atoms with Crippen LogP contribution in [0.4, 0.5) is 5.69 Å². The minimum absolute atomic E-state index is 0.180. The molecular formula is C20H24N2O2. The van der Waals surface area contributed by atoms with Crippen LogP contribution >= 0.6 is 0 Å². The van der Waals surface area contributed by atoms with E-state index in [0.29, 0.717) is 0 Å². The van der Waals surface area contributed by atoms with Gasteiger partial charge in [-0.25, -0.2) is 0 Å². The lowest BCUT2D eigenvalue weighted by molar-refractivity contribution is -0.136. The standard InChI is InChI=1S/C20H24N2O2/c1-20(2,16-6-4-3-5-7-16)19(24)22-14-12-21(13-15-22)17-8-10-18(23)11-9-17/h3-11,23H,12-15H2,1-2H3. The number of hydrogen-bond acceptors (Lipinski definition) is 3. The van der Waals surface area contributed by atoms with Gasteiger partial charge in [-0.1, -0.05) is 30.3 Å². The van der Waals surface area contributed by atoms with Gasteiger partial charge in [-0.2, -0.15) is 0 Å². The van der Waals surface area contributed by atoms with Crippen molar-refractivity contribution in [2.24, 2.45) is 0 Å². The third-order valence-electron chi connectivity index (χ3n) is 4.81. The number of anilines is 1. The summed E-state index contributed by atoms with van der Waals surface area (Å²) in [5.41, 5.74) is 1.63. The zero-order valence-electron chi connectivity index (χ0n) is 14.3. The first-order chi connectivity index (χ1) is 11.5. The minimum Gasteiger partial charge on any atom is -0.508 e. The molecule has 4 nitrogen and oxygen atoms in total. The molecule has 1 heterocycles. The lowest BCUT2D eigenvalue weighted by Crippen LogP contribution is -2.53. The van der Waals surface area contributed by atoms with Crippen LogP contribution in [0.25, 0.3) is 0 Å². The molecule has 1 N–H and O–H groups in total. The first-order valence-electron chi connectivity index (χ1n) is 8.37. The number of hydrogen-bond donors (Lipinski definition) is 1. The number of carbonyl (C=O) groups is 1. The van der Waals surface area contributed by atoms with Gasteiger partial charge in [0.25, 0.3) is 0 Å². The van der Waals surface area contributed by atoms with Crippen LogP contribution in [0.5, 0.6) is 5.75 Å². The van der Waals surface area contributed by atoms with Gasteiger partial charge in [-0.15, -0.1) is 0 Å². The molecular weight excluding hydrogens is 300 g/mol. The van der Waals surface area contributed by atoms with Crippen LogP contribution in [-0.2, 0) is 10.2 Å². The van der Waals surface area contributed by atoms with Crippen molar-refractivity contribution in [1.29, 1.82) is 0 Å². The number of nitrogens with zero attached hydrogens (tertiary/aromatic N) is 2. The molecule has 0 atom stereocenters. The maximum absolute atomic E-state index is 13.0. The summed E-state index contributed by atoms with van der Waals surface area (Å²) in [7, 11) is 0. The van der Waals surface area contributed by atoms with Gasteiger partial charge in [0.2, 0.25) is 5.91 Å². The fourth-order valence-corrected chi connectivity index (χ4v) is 3.20. The lowest BCUT2D eigenvalue weighted by Gasteiger charge is -2.39. The smallest absolute Gasteiger partial charge is 0.232 e. The van der Waals surface area contributed by atoms with Crippen molar-refractivity contribution in [2.45, 2.75) is 19.3 Å². The Hall–Kier alpha value is -2.49. The van der Waals surface area contributed by atoms with Crippen molar-refractivity contribution < 1.29 is 9.90 Å². The number of piperazine rings is 1. The SMILES string of the molecule is CC(C)(C(=O)N1CCN(c2ccc(O)cc2)CC1)c1ccccc1. The van der Waals surface area contributed by atoms with E-state index >= 15 is 0 Å². The number of aromatic hydroxyl groups is 1. The molecule has 0 aromatic heterocycles. The number of benzene rings is 2. The number of amides is 1. The molecule has 4 heteroatoms. The van der Waals surface area contributed by atoms with E-state index in [1.165, 1.54) is 0 Å². The first-order valence-corrected chi connectivity index (χ1v) is 8.37. The molecule has 2 aromatic carbocycles. The summed E-state index contributed by atoms with van der Waals surface area (Å²) in [4.78, 5) is 17.2. The Morgan fingerprint density at radius 1 is 0.917 bits per heavy atom. The molecule has 24 heavy (non-hydrogen) atoms. The van der Waals surface area contributed by atoms with Crippen LogP contribution in [-0.4, -0.2) is 42.1 Å². The molecule has 0 bridgehead atoms. The van der Waals surface area contributed by atoms with Gasteiger partial charge >= 0.3 is 0 Å². The van der Waals surface area contributed by atoms with Crippen molar-refractivity contribution in [3.63, 3.8) is 0 Å². The van der Waals surface area contributed by atoms with Crippen molar-refractivity contribution in [2.75, 3.05) is 31.1 Å². The van der Waals surface area contributed by atoms with E-state index in [9.17, 15) is 9.90 Å². The molecule has 0 radical (unpaired) electrons. The summed E-state index contributed by atoms with van der Waals surface area (Å²) < 4.78 is 0. The number of rotatable bonds is 3. The highest BCUT2D eigenvalue weighted by Crippen LogP contribution is 2.27.